The van der Waals surface area contributed by atoms with Crippen LogP contribution in [-0.2, 0) is 19.1 Å². The lowest BCUT2D eigenvalue weighted by atomic mass is 9.95. The molecule has 0 saturated carbocycles. The first kappa shape index (κ1) is 20.3. The molecule has 0 saturated heterocycles. The van der Waals surface area contributed by atoms with E-state index in [1.54, 1.807) is 0 Å². The fourth-order valence-electron chi connectivity index (χ4n) is 2.44. The third kappa shape index (κ3) is 6.82. The summed E-state index contributed by atoms with van der Waals surface area (Å²) in [5.41, 5.74) is 17.0. The number of aldehydes is 1. The largest absolute Gasteiger partial charge is 0.497 e. The molecule has 1 amide bonds. The van der Waals surface area contributed by atoms with Crippen molar-refractivity contribution in [1.29, 1.82) is 0 Å². The molecule has 0 aliphatic heterocycles. The van der Waals surface area contributed by atoms with E-state index >= 15 is 0 Å². The zero-order valence-electron chi connectivity index (χ0n) is 14.2. The van der Waals surface area contributed by atoms with Gasteiger partial charge < -0.3 is 26.7 Å². The molecule has 0 aromatic heterocycles. The van der Waals surface area contributed by atoms with Gasteiger partial charge in [-0.2, -0.15) is 0 Å². The molecule has 7 nitrogen and oxygen atoms in total. The van der Waals surface area contributed by atoms with Gasteiger partial charge in [0.15, 0.2) is 0 Å². The molecule has 0 aromatic carbocycles. The van der Waals surface area contributed by atoms with E-state index in [2.05, 4.69) is 0 Å². The number of carbonyl (C=O) groups excluding carboxylic acids is 2. The van der Waals surface area contributed by atoms with Crippen molar-refractivity contribution >= 4 is 12.2 Å². The maximum absolute atomic E-state index is 11.6. The second-order valence-electron chi connectivity index (χ2n) is 5.72. The van der Waals surface area contributed by atoms with Crippen LogP contribution in [-0.4, -0.2) is 44.6 Å². The summed E-state index contributed by atoms with van der Waals surface area (Å²) in [6.45, 7) is 2.24. The molecular formula is C17H29N3O4. The number of unbranched alkanes of at least 4 members (excludes halogenated alkanes) is 3. The van der Waals surface area contributed by atoms with Crippen molar-refractivity contribution < 1.29 is 19.1 Å². The van der Waals surface area contributed by atoms with Crippen LogP contribution in [0.2, 0.25) is 0 Å². The predicted octanol–water partition coefficient (Wildman–Crippen LogP) is 0.525. The molecule has 1 atom stereocenters. The minimum atomic E-state index is -0.604. The third-order valence-electron chi connectivity index (χ3n) is 3.80. The zero-order valence-corrected chi connectivity index (χ0v) is 14.2. The smallest absolute Gasteiger partial charge is 0.252 e. The summed E-state index contributed by atoms with van der Waals surface area (Å²) in [6, 6.07) is 0. The second kappa shape index (κ2) is 11.8. The summed E-state index contributed by atoms with van der Waals surface area (Å²) in [6.07, 6.45) is 6.53. The molecule has 1 aliphatic carbocycles. The van der Waals surface area contributed by atoms with Gasteiger partial charge in [0.05, 0.1) is 18.3 Å². The quantitative estimate of drug-likeness (QED) is 0.331. The van der Waals surface area contributed by atoms with Gasteiger partial charge in [-0.05, 0) is 51.3 Å². The van der Waals surface area contributed by atoms with E-state index in [-0.39, 0.29) is 5.57 Å². The summed E-state index contributed by atoms with van der Waals surface area (Å²) in [5.74, 6) is -0.113. The number of primary amides is 1. The van der Waals surface area contributed by atoms with Gasteiger partial charge in [0.25, 0.3) is 5.91 Å². The van der Waals surface area contributed by atoms with Crippen LogP contribution in [0.4, 0.5) is 0 Å². The lowest BCUT2D eigenvalue weighted by Crippen LogP contribution is -2.27. The van der Waals surface area contributed by atoms with Crippen LogP contribution in [0, 0.1) is 0 Å². The van der Waals surface area contributed by atoms with Crippen molar-refractivity contribution in [2.24, 2.45) is 17.2 Å². The molecule has 0 aromatic rings. The van der Waals surface area contributed by atoms with E-state index in [4.69, 9.17) is 26.7 Å². The van der Waals surface area contributed by atoms with Crippen molar-refractivity contribution in [2.45, 2.75) is 44.6 Å². The van der Waals surface area contributed by atoms with E-state index in [1.807, 2.05) is 0 Å². The van der Waals surface area contributed by atoms with Crippen LogP contribution >= 0.6 is 0 Å². The van der Waals surface area contributed by atoms with Crippen LogP contribution in [0.3, 0.4) is 0 Å². The lowest BCUT2D eigenvalue weighted by Gasteiger charge is -2.25. The average molecular weight is 339 g/mol. The summed E-state index contributed by atoms with van der Waals surface area (Å²) in [7, 11) is 0. The molecule has 1 rings (SSSR count). The van der Waals surface area contributed by atoms with E-state index in [0.717, 1.165) is 32.1 Å². The topological polar surface area (TPSA) is 131 Å². The maximum Gasteiger partial charge on any atom is 0.252 e. The first-order valence-electron chi connectivity index (χ1n) is 8.48. The number of hydrogen-bond donors (Lipinski definition) is 3. The minimum Gasteiger partial charge on any atom is -0.497 e. The van der Waals surface area contributed by atoms with Crippen molar-refractivity contribution in [2.75, 3.05) is 26.3 Å². The number of carbonyl (C=O) groups is 2. The zero-order chi connectivity index (χ0) is 17.8. The van der Waals surface area contributed by atoms with Gasteiger partial charge in [-0.25, -0.2) is 0 Å². The number of nitrogens with two attached hydrogens (primary N) is 3. The number of ether oxygens (including phenoxy) is 2. The average Bonchev–Trinajstić information content (AvgIpc) is 2.58. The van der Waals surface area contributed by atoms with Gasteiger partial charge in [0.2, 0.25) is 0 Å². The Morgan fingerprint density at radius 1 is 1.12 bits per heavy atom. The standard InChI is InChI=1S/C17H29N3O4/c18-6-2-1-4-8-24-16-11-15(23-9-5-3-7-19)13(12-21)10-14(16)17(20)22/h10,12,15H,1-9,11,18-19H2,(H2,20,22). The minimum absolute atomic E-state index is 0.248. The second-order valence-corrected chi connectivity index (χ2v) is 5.72. The molecule has 1 unspecified atom stereocenters. The normalized spacial score (nSPS) is 17.6. The summed E-state index contributed by atoms with van der Waals surface area (Å²) in [5, 5.41) is 0. The molecule has 0 heterocycles. The molecule has 24 heavy (non-hydrogen) atoms. The van der Waals surface area contributed by atoms with Gasteiger partial charge >= 0.3 is 0 Å². The summed E-state index contributed by atoms with van der Waals surface area (Å²) >= 11 is 0. The summed E-state index contributed by atoms with van der Waals surface area (Å²) in [4.78, 5) is 22.9. The van der Waals surface area contributed by atoms with Crippen LogP contribution in [0.25, 0.3) is 0 Å². The van der Waals surface area contributed by atoms with Crippen LogP contribution in [0.15, 0.2) is 23.0 Å². The van der Waals surface area contributed by atoms with Crippen LogP contribution in [0.5, 0.6) is 0 Å². The molecule has 0 radical (unpaired) electrons. The molecule has 7 heteroatoms. The van der Waals surface area contributed by atoms with E-state index < -0.39 is 12.0 Å². The van der Waals surface area contributed by atoms with E-state index in [0.29, 0.717) is 50.3 Å². The first-order valence-corrected chi connectivity index (χ1v) is 8.48. The monoisotopic (exact) mass is 339 g/mol. The highest BCUT2D eigenvalue weighted by Crippen LogP contribution is 2.27. The Balaban J connectivity index is 2.69. The Morgan fingerprint density at radius 3 is 2.42 bits per heavy atom. The van der Waals surface area contributed by atoms with Gasteiger partial charge in [-0.1, -0.05) is 0 Å². The molecule has 0 bridgehead atoms. The maximum atomic E-state index is 11.6. The van der Waals surface area contributed by atoms with Crippen molar-refractivity contribution in [1.82, 2.24) is 0 Å². The predicted molar refractivity (Wildman–Crippen MR) is 91.9 cm³/mol. The Morgan fingerprint density at radius 2 is 1.79 bits per heavy atom. The fraction of sp³-hybridized carbons (Fsp3) is 0.647. The molecule has 0 fully saturated rings. The van der Waals surface area contributed by atoms with Gasteiger partial charge in [-0.3, -0.25) is 9.59 Å². The van der Waals surface area contributed by atoms with Gasteiger partial charge in [-0.15, -0.1) is 0 Å². The molecule has 1 aliphatic rings. The Labute approximate surface area is 143 Å². The summed E-state index contributed by atoms with van der Waals surface area (Å²) < 4.78 is 11.5. The third-order valence-corrected chi connectivity index (χ3v) is 3.80. The van der Waals surface area contributed by atoms with Crippen molar-refractivity contribution in [3.8, 4) is 0 Å². The number of rotatable bonds is 13. The van der Waals surface area contributed by atoms with E-state index in [1.165, 1.54) is 6.08 Å². The molecule has 0 spiro atoms. The Bertz CT molecular complexity index is 474. The Kier molecular flexibility index (Phi) is 9.98. The number of hydrogen-bond acceptors (Lipinski definition) is 6. The first-order chi connectivity index (χ1) is 11.6. The SMILES string of the molecule is NCCCCCOC1=C(C(N)=O)C=C(C=O)C(OCCCCN)C1. The van der Waals surface area contributed by atoms with Gasteiger partial charge in [0, 0.05) is 18.6 Å². The highest BCUT2D eigenvalue weighted by Gasteiger charge is 2.27. The molecule has 6 N–H and O–H groups in total. The van der Waals surface area contributed by atoms with E-state index in [9.17, 15) is 9.59 Å². The van der Waals surface area contributed by atoms with Crippen molar-refractivity contribution in [3.05, 3.63) is 23.0 Å². The molecular weight excluding hydrogens is 310 g/mol. The van der Waals surface area contributed by atoms with Crippen LogP contribution < -0.4 is 17.2 Å². The number of amides is 1. The lowest BCUT2D eigenvalue weighted by molar-refractivity contribution is -0.114. The Hall–Kier alpha value is -1.70. The van der Waals surface area contributed by atoms with Gasteiger partial charge in [0.1, 0.15) is 12.0 Å². The molecule has 136 valence electrons. The highest BCUT2D eigenvalue weighted by atomic mass is 16.5. The highest BCUT2D eigenvalue weighted by molar-refractivity contribution is 5.97. The fourth-order valence-corrected chi connectivity index (χ4v) is 2.44. The van der Waals surface area contributed by atoms with Crippen molar-refractivity contribution in [3.63, 3.8) is 0 Å². The van der Waals surface area contributed by atoms with Crippen LogP contribution in [0.1, 0.15) is 38.5 Å².